The highest BCUT2D eigenvalue weighted by Crippen LogP contribution is 2.24. The van der Waals surface area contributed by atoms with Crippen LogP contribution >= 0.6 is 11.6 Å². The van der Waals surface area contributed by atoms with Crippen LogP contribution < -0.4 is 10.5 Å². The molecule has 0 aliphatic carbocycles. The molecule has 1 unspecified atom stereocenters. The van der Waals surface area contributed by atoms with Crippen molar-refractivity contribution in [3.8, 4) is 5.75 Å². The first-order chi connectivity index (χ1) is 8.06. The first-order valence-electron chi connectivity index (χ1n) is 5.46. The standard InChI is InChI=1S/C12H17ClN2O2/c1-3-10(7-12(14)15-16)17-11-5-4-9(13)6-8(11)2/h4-6,10,16H,3,7H2,1-2H3,(H2,14,15). The molecule has 0 bridgehead atoms. The number of halogens is 1. The molecule has 0 spiro atoms. The third-order valence-electron chi connectivity index (χ3n) is 2.45. The van der Waals surface area contributed by atoms with Gasteiger partial charge in [-0.2, -0.15) is 0 Å². The number of aryl methyl sites for hydroxylation is 1. The zero-order valence-electron chi connectivity index (χ0n) is 9.98. The first kappa shape index (κ1) is 13.6. The maximum atomic E-state index is 8.53. The lowest BCUT2D eigenvalue weighted by atomic mass is 10.1. The first-order valence-corrected chi connectivity index (χ1v) is 5.83. The summed E-state index contributed by atoms with van der Waals surface area (Å²) in [6, 6.07) is 5.44. The Kier molecular flexibility index (Phi) is 5.10. The van der Waals surface area contributed by atoms with Crippen LogP contribution in [-0.4, -0.2) is 17.1 Å². The van der Waals surface area contributed by atoms with Crippen molar-refractivity contribution in [3.63, 3.8) is 0 Å². The zero-order chi connectivity index (χ0) is 12.8. The third-order valence-corrected chi connectivity index (χ3v) is 2.69. The number of hydrogen-bond acceptors (Lipinski definition) is 3. The lowest BCUT2D eigenvalue weighted by Crippen LogP contribution is -2.25. The number of ether oxygens (including phenoxy) is 1. The Hall–Kier alpha value is -1.42. The van der Waals surface area contributed by atoms with Crippen molar-refractivity contribution in [1.82, 2.24) is 0 Å². The maximum Gasteiger partial charge on any atom is 0.142 e. The van der Waals surface area contributed by atoms with E-state index >= 15 is 0 Å². The van der Waals surface area contributed by atoms with Gasteiger partial charge in [0.1, 0.15) is 17.7 Å². The third kappa shape index (κ3) is 4.15. The van der Waals surface area contributed by atoms with Crippen LogP contribution in [0.3, 0.4) is 0 Å². The summed E-state index contributed by atoms with van der Waals surface area (Å²) in [5.41, 5.74) is 6.43. The molecule has 0 fully saturated rings. The molecule has 1 aromatic carbocycles. The van der Waals surface area contributed by atoms with E-state index in [1.807, 2.05) is 26.0 Å². The van der Waals surface area contributed by atoms with E-state index in [-0.39, 0.29) is 11.9 Å². The van der Waals surface area contributed by atoms with Crippen molar-refractivity contribution in [1.29, 1.82) is 0 Å². The van der Waals surface area contributed by atoms with Crippen LogP contribution in [0.1, 0.15) is 25.3 Å². The summed E-state index contributed by atoms with van der Waals surface area (Å²) in [5.74, 6) is 0.940. The average molecular weight is 257 g/mol. The molecule has 0 saturated heterocycles. The monoisotopic (exact) mass is 256 g/mol. The molecule has 0 amide bonds. The normalized spacial score (nSPS) is 13.5. The van der Waals surface area contributed by atoms with Gasteiger partial charge in [-0.3, -0.25) is 0 Å². The number of benzene rings is 1. The maximum absolute atomic E-state index is 8.53. The molecular weight excluding hydrogens is 240 g/mol. The quantitative estimate of drug-likeness (QED) is 0.368. The minimum atomic E-state index is -0.106. The fourth-order valence-corrected chi connectivity index (χ4v) is 1.69. The van der Waals surface area contributed by atoms with E-state index in [0.29, 0.717) is 11.4 Å². The summed E-state index contributed by atoms with van der Waals surface area (Å²) in [6.45, 7) is 3.91. The highest BCUT2D eigenvalue weighted by molar-refractivity contribution is 6.30. The van der Waals surface area contributed by atoms with E-state index < -0.39 is 0 Å². The molecule has 1 atom stereocenters. The van der Waals surface area contributed by atoms with Crippen LogP contribution in [0.5, 0.6) is 5.75 Å². The van der Waals surface area contributed by atoms with Gasteiger partial charge in [0.25, 0.3) is 0 Å². The second-order valence-electron chi connectivity index (χ2n) is 3.85. The van der Waals surface area contributed by atoms with Gasteiger partial charge in [-0.25, -0.2) is 0 Å². The molecule has 0 aliphatic heterocycles. The Morgan fingerprint density at radius 2 is 2.29 bits per heavy atom. The molecule has 0 radical (unpaired) electrons. The van der Waals surface area contributed by atoms with Gasteiger partial charge in [-0.05, 0) is 37.1 Å². The number of oxime groups is 1. The van der Waals surface area contributed by atoms with Gasteiger partial charge in [0.15, 0.2) is 0 Å². The Morgan fingerprint density at radius 3 is 2.82 bits per heavy atom. The topological polar surface area (TPSA) is 67.8 Å². The number of nitrogens with two attached hydrogens (primary N) is 1. The van der Waals surface area contributed by atoms with Gasteiger partial charge in [-0.15, -0.1) is 0 Å². The zero-order valence-corrected chi connectivity index (χ0v) is 10.7. The van der Waals surface area contributed by atoms with E-state index in [4.69, 9.17) is 27.3 Å². The van der Waals surface area contributed by atoms with Gasteiger partial charge in [-0.1, -0.05) is 23.7 Å². The highest BCUT2D eigenvalue weighted by atomic mass is 35.5. The highest BCUT2D eigenvalue weighted by Gasteiger charge is 2.12. The molecule has 4 nitrogen and oxygen atoms in total. The number of nitrogens with zero attached hydrogens (tertiary/aromatic N) is 1. The number of hydrogen-bond donors (Lipinski definition) is 2. The van der Waals surface area contributed by atoms with Gasteiger partial charge < -0.3 is 15.7 Å². The molecule has 3 N–H and O–H groups in total. The Labute approximate surface area is 106 Å². The van der Waals surface area contributed by atoms with Crippen LogP contribution in [0.15, 0.2) is 23.4 Å². The SMILES string of the molecule is CCC(C/C(N)=N/O)Oc1ccc(Cl)cc1C. The molecule has 0 aromatic heterocycles. The lowest BCUT2D eigenvalue weighted by molar-refractivity contribution is 0.201. The summed E-state index contributed by atoms with van der Waals surface area (Å²) in [5, 5.41) is 12.2. The van der Waals surface area contributed by atoms with Gasteiger partial charge in [0, 0.05) is 11.4 Å². The van der Waals surface area contributed by atoms with E-state index in [0.717, 1.165) is 17.7 Å². The number of rotatable bonds is 5. The average Bonchev–Trinajstić information content (AvgIpc) is 2.31. The van der Waals surface area contributed by atoms with Crippen LogP contribution in [-0.2, 0) is 0 Å². The minimum Gasteiger partial charge on any atom is -0.490 e. The molecule has 17 heavy (non-hydrogen) atoms. The van der Waals surface area contributed by atoms with E-state index in [1.165, 1.54) is 0 Å². The molecule has 1 rings (SSSR count). The Balaban J connectivity index is 2.73. The fourth-order valence-electron chi connectivity index (χ4n) is 1.47. The van der Waals surface area contributed by atoms with Crippen molar-refractivity contribution < 1.29 is 9.94 Å². The smallest absolute Gasteiger partial charge is 0.142 e. The van der Waals surface area contributed by atoms with Crippen molar-refractivity contribution in [2.45, 2.75) is 32.8 Å². The van der Waals surface area contributed by atoms with Gasteiger partial charge in [0.2, 0.25) is 0 Å². The molecule has 5 heteroatoms. The van der Waals surface area contributed by atoms with Crippen molar-refractivity contribution in [2.75, 3.05) is 0 Å². The predicted molar refractivity (Wildman–Crippen MR) is 68.9 cm³/mol. The molecular formula is C12H17ClN2O2. The number of amidine groups is 1. The Morgan fingerprint density at radius 1 is 1.59 bits per heavy atom. The van der Waals surface area contributed by atoms with Gasteiger partial charge >= 0.3 is 0 Å². The summed E-state index contributed by atoms with van der Waals surface area (Å²) in [6.07, 6.45) is 1.07. The van der Waals surface area contributed by atoms with E-state index in [2.05, 4.69) is 5.16 Å². The van der Waals surface area contributed by atoms with E-state index in [9.17, 15) is 0 Å². The van der Waals surface area contributed by atoms with Crippen LogP contribution in [0.25, 0.3) is 0 Å². The van der Waals surface area contributed by atoms with Crippen molar-refractivity contribution in [3.05, 3.63) is 28.8 Å². The van der Waals surface area contributed by atoms with Crippen LogP contribution in [0.4, 0.5) is 0 Å². The second-order valence-corrected chi connectivity index (χ2v) is 4.29. The van der Waals surface area contributed by atoms with Crippen LogP contribution in [0, 0.1) is 6.92 Å². The van der Waals surface area contributed by atoms with Crippen molar-refractivity contribution >= 4 is 17.4 Å². The Bertz CT molecular complexity index is 407. The lowest BCUT2D eigenvalue weighted by Gasteiger charge is -2.18. The second kappa shape index (κ2) is 6.35. The fraction of sp³-hybridized carbons (Fsp3) is 0.417. The largest absolute Gasteiger partial charge is 0.490 e. The minimum absolute atomic E-state index is 0.106. The summed E-state index contributed by atoms with van der Waals surface area (Å²) in [7, 11) is 0. The predicted octanol–water partition coefficient (Wildman–Crippen LogP) is 2.94. The summed E-state index contributed by atoms with van der Waals surface area (Å²) in [4.78, 5) is 0. The van der Waals surface area contributed by atoms with Crippen molar-refractivity contribution in [2.24, 2.45) is 10.9 Å². The van der Waals surface area contributed by atoms with E-state index in [1.54, 1.807) is 6.07 Å². The molecule has 0 saturated carbocycles. The van der Waals surface area contributed by atoms with Gasteiger partial charge in [0.05, 0.1) is 0 Å². The molecule has 1 aromatic rings. The van der Waals surface area contributed by atoms with Crippen LogP contribution in [0.2, 0.25) is 5.02 Å². The summed E-state index contributed by atoms with van der Waals surface area (Å²) < 4.78 is 5.79. The molecule has 0 aliphatic rings. The molecule has 94 valence electrons. The summed E-state index contributed by atoms with van der Waals surface area (Å²) >= 11 is 5.87. The molecule has 0 heterocycles.